The molecule has 0 aromatic rings. The zero-order valence-corrected chi connectivity index (χ0v) is 12.2. The molecule has 0 saturated carbocycles. The summed E-state index contributed by atoms with van der Waals surface area (Å²) < 4.78 is 15.1. The summed E-state index contributed by atoms with van der Waals surface area (Å²) in [6, 6.07) is 0.101. The highest BCUT2D eigenvalue weighted by Crippen LogP contribution is 2.47. The first kappa shape index (κ1) is 15.7. The molecule has 3 N–H and O–H groups in total. The fourth-order valence-corrected chi connectivity index (χ4v) is 2.56. The van der Waals surface area contributed by atoms with Gasteiger partial charge in [0.2, 0.25) is 0 Å². The second-order valence-corrected chi connectivity index (χ2v) is 5.20. The van der Waals surface area contributed by atoms with Crippen LogP contribution in [0.2, 0.25) is 0 Å². The van der Waals surface area contributed by atoms with Crippen LogP contribution in [0.15, 0.2) is 47.7 Å². The Bertz CT molecular complexity index is 434. The number of halogens is 1. The maximum absolute atomic E-state index is 15.1. The average molecular weight is 264 g/mol. The van der Waals surface area contributed by atoms with Crippen LogP contribution >= 0.6 is 0 Å². The zero-order chi connectivity index (χ0) is 14.6. The lowest BCUT2D eigenvalue weighted by Crippen LogP contribution is -2.39. The zero-order valence-electron chi connectivity index (χ0n) is 12.2. The van der Waals surface area contributed by atoms with Crippen LogP contribution in [0, 0.1) is 0 Å². The fraction of sp³-hybridized carbons (Fsp3) is 0.500. The number of nitrogens with one attached hydrogen (secondary N) is 1. The Labute approximate surface area is 116 Å². The molecule has 0 fully saturated rings. The van der Waals surface area contributed by atoms with Gasteiger partial charge in [0, 0.05) is 18.2 Å². The summed E-state index contributed by atoms with van der Waals surface area (Å²) in [5.41, 5.74) is 6.87. The molecular formula is C16H25FN2. The summed E-state index contributed by atoms with van der Waals surface area (Å²) >= 11 is 0. The predicted molar refractivity (Wildman–Crippen MR) is 80.5 cm³/mol. The van der Waals surface area contributed by atoms with Crippen LogP contribution in [0.4, 0.5) is 4.39 Å². The molecule has 0 spiro atoms. The minimum Gasteiger partial charge on any atom is -0.402 e. The van der Waals surface area contributed by atoms with Crippen LogP contribution in [0.1, 0.15) is 33.1 Å². The molecule has 1 aliphatic rings. The minimum atomic E-state index is -1.46. The smallest absolute Gasteiger partial charge is 0.177 e. The lowest BCUT2D eigenvalue weighted by Gasteiger charge is -2.39. The molecule has 0 aromatic carbocycles. The van der Waals surface area contributed by atoms with Crippen LogP contribution in [0.3, 0.4) is 0 Å². The highest BCUT2D eigenvalue weighted by molar-refractivity contribution is 5.58. The number of rotatable bonds is 7. The predicted octanol–water partition coefficient (Wildman–Crippen LogP) is 3.39. The first-order chi connectivity index (χ1) is 8.86. The number of allylic oxidation sites excluding steroid dienone is 4. The van der Waals surface area contributed by atoms with E-state index < -0.39 is 5.67 Å². The van der Waals surface area contributed by atoms with Crippen molar-refractivity contribution >= 4 is 0 Å². The molecule has 0 amide bonds. The standard InChI is InChI=1S/C16H25FN2/c1-6-7-14(10-15(19-5)9-13(4)18)16(17)11(2)8-12(16)3/h7-8,15,19H,2,4,6,9-10,18H2,1,3,5H3/b14-7-/t15?,16-/m0/s1. The van der Waals surface area contributed by atoms with Crippen molar-refractivity contribution in [3.8, 4) is 0 Å². The molecule has 0 bridgehead atoms. The first-order valence-corrected chi connectivity index (χ1v) is 6.73. The van der Waals surface area contributed by atoms with E-state index in [1.807, 2.05) is 27.0 Å². The van der Waals surface area contributed by atoms with E-state index in [2.05, 4.69) is 18.5 Å². The van der Waals surface area contributed by atoms with Gasteiger partial charge in [-0.25, -0.2) is 4.39 Å². The Hall–Kier alpha value is -1.35. The molecule has 0 aromatic heterocycles. The Morgan fingerprint density at radius 1 is 1.58 bits per heavy atom. The van der Waals surface area contributed by atoms with Crippen molar-refractivity contribution in [3.63, 3.8) is 0 Å². The van der Waals surface area contributed by atoms with E-state index >= 15 is 4.39 Å². The van der Waals surface area contributed by atoms with Gasteiger partial charge in [0.1, 0.15) is 0 Å². The summed E-state index contributed by atoms with van der Waals surface area (Å²) in [6.07, 6.45) is 5.83. The van der Waals surface area contributed by atoms with Crippen molar-refractivity contribution in [1.29, 1.82) is 0 Å². The first-order valence-electron chi connectivity index (χ1n) is 6.73. The molecule has 1 rings (SSSR count). The van der Waals surface area contributed by atoms with Crippen molar-refractivity contribution in [2.24, 2.45) is 5.73 Å². The SMILES string of the molecule is C=C(N)CC(C/C(=C/CC)[C@]1(F)C(=C)C=C1C)NC. The van der Waals surface area contributed by atoms with Crippen molar-refractivity contribution in [1.82, 2.24) is 5.32 Å². The molecule has 2 atom stereocenters. The number of hydrogen-bond acceptors (Lipinski definition) is 2. The Kier molecular flexibility index (Phi) is 5.12. The second-order valence-electron chi connectivity index (χ2n) is 5.20. The third kappa shape index (κ3) is 3.16. The van der Waals surface area contributed by atoms with Crippen molar-refractivity contribution in [2.75, 3.05) is 7.05 Å². The number of nitrogens with two attached hydrogens (primary N) is 1. The van der Waals surface area contributed by atoms with Crippen LogP contribution in [-0.4, -0.2) is 18.8 Å². The summed E-state index contributed by atoms with van der Waals surface area (Å²) in [4.78, 5) is 0. The van der Waals surface area contributed by atoms with E-state index in [1.165, 1.54) is 0 Å². The topological polar surface area (TPSA) is 38.0 Å². The van der Waals surface area contributed by atoms with Gasteiger partial charge >= 0.3 is 0 Å². The Balaban J connectivity index is 2.92. The third-order valence-corrected chi connectivity index (χ3v) is 3.65. The summed E-state index contributed by atoms with van der Waals surface area (Å²) in [5, 5.41) is 3.17. The van der Waals surface area contributed by atoms with Gasteiger partial charge in [-0.2, -0.15) is 0 Å². The maximum Gasteiger partial charge on any atom is 0.177 e. The van der Waals surface area contributed by atoms with E-state index in [9.17, 15) is 0 Å². The molecule has 19 heavy (non-hydrogen) atoms. The van der Waals surface area contributed by atoms with E-state index in [4.69, 9.17) is 5.73 Å². The van der Waals surface area contributed by atoms with Gasteiger partial charge in [0.25, 0.3) is 0 Å². The van der Waals surface area contributed by atoms with Gasteiger partial charge in [0.05, 0.1) is 0 Å². The number of hydrogen-bond donors (Lipinski definition) is 2. The van der Waals surface area contributed by atoms with Crippen LogP contribution in [0.25, 0.3) is 0 Å². The van der Waals surface area contributed by atoms with Crippen LogP contribution < -0.4 is 11.1 Å². The summed E-state index contributed by atoms with van der Waals surface area (Å²) in [5.74, 6) is 0. The third-order valence-electron chi connectivity index (χ3n) is 3.65. The van der Waals surface area contributed by atoms with E-state index in [0.717, 1.165) is 17.6 Å². The largest absolute Gasteiger partial charge is 0.402 e. The molecule has 1 unspecified atom stereocenters. The highest BCUT2D eigenvalue weighted by atomic mass is 19.1. The second kappa shape index (κ2) is 6.20. The molecule has 2 nitrogen and oxygen atoms in total. The number of alkyl halides is 1. The molecule has 0 radical (unpaired) electrons. The fourth-order valence-electron chi connectivity index (χ4n) is 2.56. The lowest BCUT2D eigenvalue weighted by molar-refractivity contribution is 0.284. The summed E-state index contributed by atoms with van der Waals surface area (Å²) in [7, 11) is 1.86. The van der Waals surface area contributed by atoms with E-state index in [-0.39, 0.29) is 6.04 Å². The molecule has 106 valence electrons. The maximum atomic E-state index is 15.1. The quantitative estimate of drug-likeness (QED) is 0.692. The Morgan fingerprint density at radius 2 is 2.21 bits per heavy atom. The Morgan fingerprint density at radius 3 is 2.58 bits per heavy atom. The average Bonchev–Trinajstić information content (AvgIpc) is 2.36. The lowest BCUT2D eigenvalue weighted by atomic mass is 9.71. The monoisotopic (exact) mass is 264 g/mol. The van der Waals surface area contributed by atoms with E-state index in [1.54, 1.807) is 6.08 Å². The van der Waals surface area contributed by atoms with Gasteiger partial charge < -0.3 is 11.1 Å². The molecular weight excluding hydrogens is 239 g/mol. The summed E-state index contributed by atoms with van der Waals surface area (Å²) in [6.45, 7) is 11.4. The highest BCUT2D eigenvalue weighted by Gasteiger charge is 2.44. The van der Waals surface area contributed by atoms with E-state index in [0.29, 0.717) is 24.1 Å². The van der Waals surface area contributed by atoms with Gasteiger partial charge in [-0.3, -0.25) is 0 Å². The minimum absolute atomic E-state index is 0.101. The van der Waals surface area contributed by atoms with Gasteiger partial charge in [0.15, 0.2) is 5.67 Å². The van der Waals surface area contributed by atoms with Gasteiger partial charge in [-0.15, -0.1) is 0 Å². The van der Waals surface area contributed by atoms with Gasteiger partial charge in [-0.05, 0) is 43.5 Å². The molecule has 3 heteroatoms. The molecule has 0 aliphatic heterocycles. The molecule has 1 aliphatic carbocycles. The molecule has 0 saturated heterocycles. The van der Waals surface area contributed by atoms with Crippen molar-refractivity contribution in [2.45, 2.75) is 44.8 Å². The van der Waals surface area contributed by atoms with Crippen LogP contribution in [0.5, 0.6) is 0 Å². The van der Waals surface area contributed by atoms with Gasteiger partial charge in [-0.1, -0.05) is 32.2 Å². The van der Waals surface area contributed by atoms with Crippen molar-refractivity contribution < 1.29 is 4.39 Å². The molecule has 0 heterocycles. The van der Waals surface area contributed by atoms with Crippen LogP contribution in [-0.2, 0) is 0 Å². The normalized spacial score (nSPS) is 24.7. The van der Waals surface area contributed by atoms with Crippen molar-refractivity contribution in [3.05, 3.63) is 47.7 Å².